The van der Waals surface area contributed by atoms with Crippen molar-refractivity contribution in [1.82, 2.24) is 30.0 Å². The van der Waals surface area contributed by atoms with Gasteiger partial charge in [-0.15, -0.1) is 24.3 Å². The second-order valence-corrected chi connectivity index (χ2v) is 12.8. The summed E-state index contributed by atoms with van der Waals surface area (Å²) in [4.78, 5) is 13.3. The average Bonchev–Trinajstić information content (AvgIpc) is 3.76. The topological polar surface area (TPSA) is 117 Å². The Morgan fingerprint density at radius 2 is 0.907 bits per heavy atom. The summed E-state index contributed by atoms with van der Waals surface area (Å²) in [6.45, 7) is 10.9. The first-order valence-electron chi connectivity index (χ1n) is 17.3. The van der Waals surface area contributed by atoms with E-state index in [1.165, 1.54) is 19.9 Å². The molecule has 8 aromatic rings. The van der Waals surface area contributed by atoms with Crippen molar-refractivity contribution >= 4 is 49.4 Å². The Morgan fingerprint density at radius 1 is 0.593 bits per heavy atom. The fraction of sp³-hybridized carbons (Fsp3) is 0.186. The molecule has 0 atom stereocenters. The van der Waals surface area contributed by atoms with Gasteiger partial charge in [-0.25, -0.2) is 0 Å². The summed E-state index contributed by atoms with van der Waals surface area (Å²) in [7, 11) is 0. The van der Waals surface area contributed by atoms with Gasteiger partial charge < -0.3 is 14.6 Å². The molecule has 0 saturated heterocycles. The predicted molar refractivity (Wildman–Crippen MR) is 209 cm³/mol. The minimum Gasteiger partial charge on any atom is -0.548 e. The molecule has 0 bridgehead atoms. The van der Waals surface area contributed by atoms with Crippen LogP contribution in [-0.4, -0.2) is 53.1 Å². The molecule has 2 heterocycles. The zero-order valence-electron chi connectivity index (χ0n) is 30.8. The van der Waals surface area contributed by atoms with E-state index in [2.05, 4.69) is 32.5 Å². The molecular weight excluding hydrogens is 857 g/mol. The van der Waals surface area contributed by atoms with Crippen LogP contribution >= 0.6 is 0 Å². The van der Waals surface area contributed by atoms with Crippen molar-refractivity contribution in [2.24, 2.45) is 0 Å². The van der Waals surface area contributed by atoms with E-state index in [9.17, 15) is 4.79 Å². The van der Waals surface area contributed by atoms with Crippen LogP contribution < -0.4 is 9.47 Å². The molecule has 1 radical (unpaired) electrons. The molecule has 0 saturated carbocycles. The first-order valence-corrected chi connectivity index (χ1v) is 17.3. The van der Waals surface area contributed by atoms with Gasteiger partial charge in [0, 0.05) is 37.7 Å². The fourth-order valence-electron chi connectivity index (χ4n) is 5.64. The summed E-state index contributed by atoms with van der Waals surface area (Å²) in [5.41, 5.74) is 5.13. The quantitative estimate of drug-likeness (QED) is 0.0957. The molecule has 277 valence electrons. The number of fused-ring (bicyclic) bond motifs is 4. The number of nitrogens with zero attached hydrogens (tertiary/aromatic N) is 6. The third-order valence-electron chi connectivity index (χ3n) is 7.69. The van der Waals surface area contributed by atoms with Crippen LogP contribution in [0.3, 0.4) is 0 Å². The zero-order chi connectivity index (χ0) is 37.5. The van der Waals surface area contributed by atoms with Crippen LogP contribution in [0.1, 0.15) is 41.5 Å². The van der Waals surface area contributed by atoms with E-state index in [0.717, 1.165) is 66.5 Å². The van der Waals surface area contributed by atoms with Crippen LogP contribution in [0, 0.1) is 12.1 Å². The molecule has 10 nitrogen and oxygen atoms in total. The van der Waals surface area contributed by atoms with Crippen LogP contribution in [0.2, 0.25) is 0 Å². The molecule has 54 heavy (non-hydrogen) atoms. The maximum atomic E-state index is 10.0. The summed E-state index contributed by atoms with van der Waals surface area (Å²) in [6, 6.07) is 42.2. The number of rotatable bonds is 7. The summed E-state index contributed by atoms with van der Waals surface area (Å²) >= 11 is 0. The molecule has 1 N–H and O–H groups in total. The number of carbonyl (C=O) groups excluding carboxylic acids is 1. The second kappa shape index (κ2) is 17.7. The van der Waals surface area contributed by atoms with Crippen molar-refractivity contribution in [3.05, 3.63) is 133 Å². The Labute approximate surface area is 327 Å². The molecule has 0 aliphatic carbocycles. The average molecular weight is 897 g/mol. The van der Waals surface area contributed by atoms with Gasteiger partial charge in [-0.1, -0.05) is 82.2 Å². The summed E-state index contributed by atoms with van der Waals surface area (Å²) in [6.07, 6.45) is 1.39. The maximum Gasteiger partial charge on any atom is 0.155 e. The van der Waals surface area contributed by atoms with Gasteiger partial charge in [-0.3, -0.25) is 4.79 Å². The van der Waals surface area contributed by atoms with Gasteiger partial charge >= 0.3 is 0 Å². The number of benzene rings is 6. The molecule has 11 heteroatoms. The normalized spacial score (nSPS) is 11.2. The van der Waals surface area contributed by atoms with E-state index >= 15 is 0 Å². The van der Waals surface area contributed by atoms with Gasteiger partial charge in [0.2, 0.25) is 0 Å². The Bertz CT molecular complexity index is 2320. The van der Waals surface area contributed by atoms with E-state index in [-0.39, 0.29) is 43.9 Å². The summed E-state index contributed by atoms with van der Waals surface area (Å²) in [5.74, 6) is 1.60. The van der Waals surface area contributed by atoms with Crippen molar-refractivity contribution in [2.75, 3.05) is 0 Å². The smallest absolute Gasteiger partial charge is 0.155 e. The SMILES string of the molecule is CC(=O)/C=C(/C)O.CC(C)Oc1c[c-]c(-n2nc3ccccc3n2)c2ccccc12.CC(C)Oc1c[c-]c(-n2nc3ccccc3n2)c2ccccc12.[Ir]. The molecule has 6 aromatic carbocycles. The van der Waals surface area contributed by atoms with E-state index in [0.29, 0.717) is 0 Å². The molecule has 0 fully saturated rings. The van der Waals surface area contributed by atoms with Crippen LogP contribution in [0.4, 0.5) is 0 Å². The molecule has 0 aliphatic rings. The van der Waals surface area contributed by atoms with Gasteiger partial charge in [-0.2, -0.15) is 42.1 Å². The third kappa shape index (κ3) is 9.36. The Hall–Kier alpha value is -5.90. The van der Waals surface area contributed by atoms with Gasteiger partial charge in [0.05, 0.1) is 18.0 Å². The number of carbonyl (C=O) groups is 1. The van der Waals surface area contributed by atoms with Crippen LogP contribution in [-0.2, 0) is 24.9 Å². The second-order valence-electron chi connectivity index (χ2n) is 12.8. The van der Waals surface area contributed by atoms with E-state index in [1.807, 2.05) is 137 Å². The number of hydrogen-bond acceptors (Lipinski definition) is 8. The maximum absolute atomic E-state index is 10.0. The van der Waals surface area contributed by atoms with Gasteiger partial charge in [0.25, 0.3) is 0 Å². The fourth-order valence-corrected chi connectivity index (χ4v) is 5.64. The predicted octanol–water partition coefficient (Wildman–Crippen LogP) is 9.36. The van der Waals surface area contributed by atoms with E-state index in [4.69, 9.17) is 14.6 Å². The molecule has 0 spiro atoms. The minimum atomic E-state index is -0.125. The summed E-state index contributed by atoms with van der Waals surface area (Å²) < 4.78 is 11.8. The van der Waals surface area contributed by atoms with Crippen molar-refractivity contribution in [3.8, 4) is 22.9 Å². The number of aromatic nitrogens is 6. The van der Waals surface area contributed by atoms with Crippen molar-refractivity contribution < 1.29 is 39.5 Å². The number of ether oxygens (including phenoxy) is 2. The molecule has 0 amide bonds. The van der Waals surface area contributed by atoms with Gasteiger partial charge in [-0.05, 0) is 77.2 Å². The summed E-state index contributed by atoms with van der Waals surface area (Å²) in [5, 5.41) is 30.7. The van der Waals surface area contributed by atoms with E-state index in [1.54, 1.807) is 9.59 Å². The van der Waals surface area contributed by atoms with Crippen LogP contribution in [0.25, 0.3) is 55.0 Å². The van der Waals surface area contributed by atoms with Crippen molar-refractivity contribution in [2.45, 2.75) is 53.8 Å². The van der Waals surface area contributed by atoms with Crippen LogP contribution in [0.5, 0.6) is 11.5 Å². The molecular formula is C43H40IrN6O4-2. The van der Waals surface area contributed by atoms with E-state index < -0.39 is 0 Å². The number of hydrogen-bond donors (Lipinski definition) is 1. The number of aliphatic hydroxyl groups is 1. The van der Waals surface area contributed by atoms with Crippen molar-refractivity contribution in [1.29, 1.82) is 0 Å². The number of allylic oxidation sites excluding steroid dienone is 2. The minimum absolute atomic E-state index is 0. The largest absolute Gasteiger partial charge is 0.548 e. The number of ketones is 1. The molecule has 0 unspecified atom stereocenters. The van der Waals surface area contributed by atoms with Crippen molar-refractivity contribution in [3.63, 3.8) is 0 Å². The first kappa shape index (κ1) is 39.3. The number of aliphatic hydroxyl groups excluding tert-OH is 1. The monoisotopic (exact) mass is 897 g/mol. The van der Waals surface area contributed by atoms with Gasteiger partial charge in [0.1, 0.15) is 22.1 Å². The van der Waals surface area contributed by atoms with Crippen LogP contribution in [0.15, 0.2) is 121 Å². The standard InChI is InChI=1S/2C19H16N3O.C5H8O2.Ir/c2*1-13(2)23-19-12-11-18(14-7-3-4-8-15(14)19)22-20-16-9-5-6-10-17(16)21-22;1-4(6)3-5(2)7;/h2*3-10,12-13H,1-2H3;3,6H,1-2H3;/q2*-1;;/b;;4-3-;. The Kier molecular flexibility index (Phi) is 12.9. The molecule has 8 rings (SSSR count). The molecule has 0 aliphatic heterocycles. The zero-order valence-corrected chi connectivity index (χ0v) is 33.2. The van der Waals surface area contributed by atoms with Gasteiger partial charge in [0.15, 0.2) is 5.78 Å². The Morgan fingerprint density at radius 3 is 1.19 bits per heavy atom. The molecule has 2 aromatic heterocycles. The third-order valence-corrected chi connectivity index (χ3v) is 7.69. The Balaban J connectivity index is 0.000000174. The first-order chi connectivity index (χ1) is 25.6.